The minimum Gasteiger partial charge on any atom is -0.431 e. The molecule has 28 heavy (non-hydrogen) atoms. The highest BCUT2D eigenvalue weighted by Gasteiger charge is 2.64. The quantitative estimate of drug-likeness (QED) is 0.635. The van der Waals surface area contributed by atoms with Crippen molar-refractivity contribution in [3.8, 4) is 0 Å². The van der Waals surface area contributed by atoms with Crippen LogP contribution in [0.3, 0.4) is 0 Å². The fraction of sp³-hybridized carbons (Fsp3) is 0.800. The van der Waals surface area contributed by atoms with E-state index in [0.717, 1.165) is 17.8 Å². The predicted molar refractivity (Wildman–Crippen MR) is 110 cm³/mol. The molecule has 1 aromatic heterocycles. The lowest BCUT2D eigenvalue weighted by Crippen LogP contribution is -2.61. The Hall–Kier alpha value is -1.09. The molecule has 0 amide bonds. The second-order valence-corrected chi connectivity index (χ2v) is 10.8. The van der Waals surface area contributed by atoms with Gasteiger partial charge in [0, 0.05) is 13.2 Å². The van der Waals surface area contributed by atoms with Crippen molar-refractivity contribution in [3.05, 3.63) is 34.4 Å². The standard InChI is InChI=1S/C25H36O3/c1-23-14-11-21-18(10-15-25(27-3)13-5-4-12-24(21,25)2)20(23)8-7-19(23)17-6-9-22(26)28-16-17/h6,9,16,18-21H,4-5,7-8,10-15H2,1-3H3/t18-,19+,20+,21-,23+,24+,25?/m0/s1. The zero-order valence-electron chi connectivity index (χ0n) is 17.8. The third kappa shape index (κ3) is 2.41. The average Bonchev–Trinajstić information content (AvgIpc) is 3.05. The molecule has 0 bridgehead atoms. The lowest BCUT2D eigenvalue weighted by Gasteiger charge is -2.64. The van der Waals surface area contributed by atoms with Gasteiger partial charge < -0.3 is 9.15 Å². The van der Waals surface area contributed by atoms with Gasteiger partial charge in [0.15, 0.2) is 0 Å². The van der Waals surface area contributed by atoms with E-state index in [2.05, 4.69) is 13.8 Å². The van der Waals surface area contributed by atoms with Crippen LogP contribution in [0.15, 0.2) is 27.6 Å². The highest BCUT2D eigenvalue weighted by atomic mass is 16.5. The highest BCUT2D eigenvalue weighted by molar-refractivity contribution is 5.23. The number of hydrogen-bond acceptors (Lipinski definition) is 3. The number of ether oxygens (including phenoxy) is 1. The maximum absolute atomic E-state index is 11.4. The molecule has 5 rings (SSSR count). The summed E-state index contributed by atoms with van der Waals surface area (Å²) in [4.78, 5) is 11.4. The van der Waals surface area contributed by atoms with Crippen molar-refractivity contribution in [3.63, 3.8) is 0 Å². The SMILES string of the molecule is COC12CCCC[C@]1(C)[C@H]1CC[C@]3(C)[C@@H](c4ccc(=O)oc4)CC[C@@H]3[C@@H]1CC2. The smallest absolute Gasteiger partial charge is 0.335 e. The van der Waals surface area contributed by atoms with Crippen LogP contribution < -0.4 is 5.63 Å². The molecular weight excluding hydrogens is 348 g/mol. The van der Waals surface area contributed by atoms with E-state index < -0.39 is 0 Å². The summed E-state index contributed by atoms with van der Waals surface area (Å²) in [5.41, 5.74) is 1.83. The van der Waals surface area contributed by atoms with Crippen LogP contribution in [0, 0.1) is 28.6 Å². The van der Waals surface area contributed by atoms with Gasteiger partial charge in [-0.1, -0.05) is 26.7 Å². The van der Waals surface area contributed by atoms with E-state index >= 15 is 0 Å². The van der Waals surface area contributed by atoms with Crippen LogP contribution in [0.2, 0.25) is 0 Å². The van der Waals surface area contributed by atoms with Crippen LogP contribution in [-0.2, 0) is 4.74 Å². The van der Waals surface area contributed by atoms with Gasteiger partial charge in [-0.15, -0.1) is 0 Å². The molecule has 0 spiro atoms. The highest BCUT2D eigenvalue weighted by Crippen LogP contribution is 2.70. The van der Waals surface area contributed by atoms with Crippen molar-refractivity contribution in [2.24, 2.45) is 28.6 Å². The molecule has 4 aliphatic carbocycles. The summed E-state index contributed by atoms with van der Waals surface area (Å²) < 4.78 is 11.6. The Kier molecular flexibility index (Phi) is 4.36. The Labute approximate surface area is 169 Å². The number of methoxy groups -OCH3 is 1. The zero-order valence-corrected chi connectivity index (χ0v) is 17.8. The van der Waals surface area contributed by atoms with Crippen molar-refractivity contribution in [2.45, 2.75) is 89.6 Å². The molecule has 1 aromatic rings. The number of rotatable bonds is 2. The monoisotopic (exact) mass is 384 g/mol. The molecule has 0 aromatic carbocycles. The molecule has 1 unspecified atom stereocenters. The molecule has 154 valence electrons. The van der Waals surface area contributed by atoms with Crippen LogP contribution in [0.5, 0.6) is 0 Å². The van der Waals surface area contributed by atoms with Gasteiger partial charge in [0.25, 0.3) is 0 Å². The maximum Gasteiger partial charge on any atom is 0.335 e. The van der Waals surface area contributed by atoms with Crippen LogP contribution in [0.25, 0.3) is 0 Å². The Bertz CT molecular complexity index is 779. The summed E-state index contributed by atoms with van der Waals surface area (Å²) in [6.07, 6.45) is 14.9. The van der Waals surface area contributed by atoms with E-state index in [0.29, 0.717) is 16.7 Å². The van der Waals surface area contributed by atoms with Crippen molar-refractivity contribution < 1.29 is 9.15 Å². The summed E-state index contributed by atoms with van der Waals surface area (Å²) in [6.45, 7) is 5.12. The van der Waals surface area contributed by atoms with E-state index in [-0.39, 0.29) is 11.2 Å². The summed E-state index contributed by atoms with van der Waals surface area (Å²) >= 11 is 0. The summed E-state index contributed by atoms with van der Waals surface area (Å²) in [5.74, 6) is 2.99. The summed E-state index contributed by atoms with van der Waals surface area (Å²) in [7, 11) is 1.98. The first-order chi connectivity index (χ1) is 13.4. The largest absolute Gasteiger partial charge is 0.431 e. The minimum absolute atomic E-state index is 0.126. The van der Waals surface area contributed by atoms with E-state index in [4.69, 9.17) is 9.15 Å². The maximum atomic E-state index is 11.4. The number of hydrogen-bond donors (Lipinski definition) is 0. The topological polar surface area (TPSA) is 39.4 Å². The van der Waals surface area contributed by atoms with E-state index in [1.165, 1.54) is 69.8 Å². The van der Waals surface area contributed by atoms with Crippen LogP contribution >= 0.6 is 0 Å². The zero-order chi connectivity index (χ0) is 19.6. The van der Waals surface area contributed by atoms with Gasteiger partial charge in [-0.2, -0.15) is 0 Å². The lowest BCUT2D eigenvalue weighted by molar-refractivity contribution is -0.216. The van der Waals surface area contributed by atoms with Crippen molar-refractivity contribution in [1.82, 2.24) is 0 Å². The fourth-order valence-corrected chi connectivity index (χ4v) is 8.78. The van der Waals surface area contributed by atoms with Gasteiger partial charge in [0.05, 0.1) is 11.9 Å². The molecule has 3 heteroatoms. The van der Waals surface area contributed by atoms with Crippen molar-refractivity contribution >= 4 is 0 Å². The van der Waals surface area contributed by atoms with E-state index in [1.807, 2.05) is 13.2 Å². The third-order valence-corrected chi connectivity index (χ3v) is 10.2. The van der Waals surface area contributed by atoms with Gasteiger partial charge in [0.1, 0.15) is 0 Å². The summed E-state index contributed by atoms with van der Waals surface area (Å²) in [6, 6.07) is 3.63. The average molecular weight is 385 g/mol. The van der Waals surface area contributed by atoms with E-state index in [9.17, 15) is 4.79 Å². The van der Waals surface area contributed by atoms with Crippen LogP contribution in [-0.4, -0.2) is 12.7 Å². The van der Waals surface area contributed by atoms with Crippen LogP contribution in [0.1, 0.15) is 89.5 Å². The summed E-state index contributed by atoms with van der Waals surface area (Å²) in [5, 5.41) is 0. The Balaban J connectivity index is 1.47. The van der Waals surface area contributed by atoms with Gasteiger partial charge in [-0.3, -0.25) is 0 Å². The Morgan fingerprint density at radius 2 is 1.79 bits per heavy atom. The molecule has 0 radical (unpaired) electrons. The molecule has 7 atom stereocenters. The van der Waals surface area contributed by atoms with Gasteiger partial charge in [0.2, 0.25) is 0 Å². The Morgan fingerprint density at radius 3 is 2.54 bits per heavy atom. The van der Waals surface area contributed by atoms with Crippen molar-refractivity contribution in [1.29, 1.82) is 0 Å². The first kappa shape index (κ1) is 18.9. The van der Waals surface area contributed by atoms with Gasteiger partial charge >= 0.3 is 5.63 Å². The minimum atomic E-state index is -0.236. The molecule has 3 nitrogen and oxygen atoms in total. The molecule has 1 heterocycles. The van der Waals surface area contributed by atoms with Crippen molar-refractivity contribution in [2.75, 3.05) is 7.11 Å². The van der Waals surface area contributed by atoms with Crippen LogP contribution in [0.4, 0.5) is 0 Å². The molecule has 4 saturated carbocycles. The van der Waals surface area contributed by atoms with Gasteiger partial charge in [-0.05, 0) is 97.5 Å². The molecule has 4 aliphatic rings. The molecule has 4 fully saturated rings. The lowest BCUT2D eigenvalue weighted by atomic mass is 9.43. The second kappa shape index (κ2) is 6.45. The first-order valence-electron chi connectivity index (χ1n) is 11.6. The molecule has 0 aliphatic heterocycles. The fourth-order valence-electron chi connectivity index (χ4n) is 8.78. The molecule has 0 N–H and O–H groups in total. The second-order valence-electron chi connectivity index (χ2n) is 10.8. The molecule has 0 saturated heterocycles. The normalized spacial score (nSPS) is 47.8. The van der Waals surface area contributed by atoms with E-state index in [1.54, 1.807) is 12.3 Å². The first-order valence-corrected chi connectivity index (χ1v) is 11.6. The predicted octanol–water partition coefficient (Wildman–Crippen LogP) is 5.93. The third-order valence-electron chi connectivity index (χ3n) is 10.2. The van der Waals surface area contributed by atoms with Gasteiger partial charge in [-0.25, -0.2) is 4.79 Å². The molecular formula is C25H36O3. The Morgan fingerprint density at radius 1 is 0.964 bits per heavy atom. The number of fused-ring (bicyclic) bond motifs is 5.